The lowest BCUT2D eigenvalue weighted by atomic mass is 9.98. The summed E-state index contributed by atoms with van der Waals surface area (Å²) >= 11 is 5.90. The Morgan fingerprint density at radius 3 is 2.27 bits per heavy atom. The normalized spacial score (nSPS) is 17.6. The van der Waals surface area contributed by atoms with E-state index in [1.54, 1.807) is 12.1 Å². The van der Waals surface area contributed by atoms with E-state index < -0.39 is 29.8 Å². The topological polar surface area (TPSA) is 125 Å². The third kappa shape index (κ3) is 3.04. The summed E-state index contributed by atoms with van der Waals surface area (Å²) in [5.41, 5.74) is 12.0. The maximum absolute atomic E-state index is 11.6. The Hall–Kier alpha value is -2.54. The molecule has 1 aromatic carbocycles. The molecule has 22 heavy (non-hydrogen) atoms. The van der Waals surface area contributed by atoms with Crippen molar-refractivity contribution in [3.05, 3.63) is 40.6 Å². The number of anilines is 1. The van der Waals surface area contributed by atoms with E-state index in [9.17, 15) is 14.4 Å². The minimum Gasteiger partial charge on any atom is -0.450 e. The number of benzene rings is 1. The highest BCUT2D eigenvalue weighted by atomic mass is 35.5. The Balaban J connectivity index is 2.35. The van der Waals surface area contributed by atoms with E-state index in [1.807, 2.05) is 19.1 Å². The van der Waals surface area contributed by atoms with E-state index in [0.29, 0.717) is 5.69 Å². The Morgan fingerprint density at radius 1 is 1.23 bits per heavy atom. The molecule has 0 saturated carbocycles. The van der Waals surface area contributed by atoms with Gasteiger partial charge in [0.25, 0.3) is 0 Å². The van der Waals surface area contributed by atoms with Gasteiger partial charge < -0.3 is 21.5 Å². The van der Waals surface area contributed by atoms with Crippen molar-refractivity contribution in [2.45, 2.75) is 13.0 Å². The average molecular weight is 324 g/mol. The number of carbonyl (C=O) groups is 3. The molecule has 0 spiro atoms. The van der Waals surface area contributed by atoms with Crippen LogP contribution in [0.4, 0.5) is 5.69 Å². The number of primary amides is 2. The van der Waals surface area contributed by atoms with E-state index >= 15 is 0 Å². The van der Waals surface area contributed by atoms with Crippen LogP contribution in [0.25, 0.3) is 0 Å². The summed E-state index contributed by atoms with van der Waals surface area (Å²) in [5.74, 6) is -4.36. The third-order valence-electron chi connectivity index (χ3n) is 3.18. The summed E-state index contributed by atoms with van der Waals surface area (Å²) in [5, 5.41) is 2.62. The van der Waals surface area contributed by atoms with E-state index in [-0.39, 0.29) is 10.7 Å². The molecular formula is C14H14ClN3O4. The molecule has 7 nitrogen and oxygen atoms in total. The minimum atomic E-state index is -1.51. The largest absolute Gasteiger partial charge is 0.450 e. The molecule has 8 heteroatoms. The van der Waals surface area contributed by atoms with E-state index in [4.69, 9.17) is 27.8 Å². The number of rotatable bonds is 5. The predicted octanol–water partition coefficient (Wildman–Crippen LogP) is 0.370. The first-order chi connectivity index (χ1) is 10.3. The summed E-state index contributed by atoms with van der Waals surface area (Å²) < 4.78 is 4.96. The van der Waals surface area contributed by atoms with Gasteiger partial charge in [-0.1, -0.05) is 29.3 Å². The molecular weight excluding hydrogens is 310 g/mol. The lowest BCUT2D eigenvalue weighted by Crippen LogP contribution is -2.45. The van der Waals surface area contributed by atoms with Crippen molar-refractivity contribution >= 4 is 35.1 Å². The highest BCUT2D eigenvalue weighted by molar-refractivity contribution is 6.42. The summed E-state index contributed by atoms with van der Waals surface area (Å²) in [6.07, 6.45) is -1.27. The molecule has 1 aliphatic rings. The maximum Gasteiger partial charge on any atom is 0.352 e. The smallest absolute Gasteiger partial charge is 0.352 e. The van der Waals surface area contributed by atoms with Gasteiger partial charge in [0.15, 0.2) is 12.0 Å². The second kappa shape index (κ2) is 6.07. The number of esters is 1. The standard InChI is InChI=1S/C14H14ClN3O4/c1-6-2-4-7(5-3-6)18-10-9(15)14(21)22-11(10)8(12(16)19)13(17)20/h2-5,8,11,18H,1H3,(H2,16,19)(H2,17,20)/t11-/m1/s1. The van der Waals surface area contributed by atoms with Crippen LogP contribution in [0.5, 0.6) is 0 Å². The van der Waals surface area contributed by atoms with Crippen LogP contribution in [0.1, 0.15) is 5.56 Å². The van der Waals surface area contributed by atoms with Gasteiger partial charge in [-0.15, -0.1) is 0 Å². The Bertz CT molecular complexity index is 655. The van der Waals surface area contributed by atoms with Gasteiger partial charge in [0.2, 0.25) is 11.8 Å². The number of nitrogens with one attached hydrogen (secondary N) is 1. The van der Waals surface area contributed by atoms with Crippen LogP contribution in [-0.4, -0.2) is 23.9 Å². The maximum atomic E-state index is 11.6. The molecule has 0 unspecified atom stereocenters. The Labute approximate surface area is 131 Å². The van der Waals surface area contributed by atoms with E-state index in [1.165, 1.54) is 0 Å². The second-order valence-corrected chi connectivity index (χ2v) is 5.20. The molecule has 0 radical (unpaired) electrons. The van der Waals surface area contributed by atoms with Gasteiger partial charge in [-0.3, -0.25) is 9.59 Å². The number of nitrogens with two attached hydrogens (primary N) is 2. The van der Waals surface area contributed by atoms with Gasteiger partial charge >= 0.3 is 5.97 Å². The van der Waals surface area contributed by atoms with Crippen LogP contribution >= 0.6 is 11.6 Å². The molecule has 0 fully saturated rings. The van der Waals surface area contributed by atoms with Crippen LogP contribution in [0.3, 0.4) is 0 Å². The van der Waals surface area contributed by atoms with Gasteiger partial charge in [-0.05, 0) is 19.1 Å². The molecule has 2 rings (SSSR count). The van der Waals surface area contributed by atoms with Gasteiger partial charge in [-0.25, -0.2) is 4.79 Å². The van der Waals surface area contributed by atoms with Crippen molar-refractivity contribution in [3.8, 4) is 0 Å². The van der Waals surface area contributed by atoms with Crippen molar-refractivity contribution in [1.29, 1.82) is 0 Å². The van der Waals surface area contributed by atoms with Crippen molar-refractivity contribution in [1.82, 2.24) is 0 Å². The predicted molar refractivity (Wildman–Crippen MR) is 79.4 cm³/mol. The van der Waals surface area contributed by atoms with Crippen LogP contribution in [0.15, 0.2) is 35.0 Å². The second-order valence-electron chi connectivity index (χ2n) is 4.83. The lowest BCUT2D eigenvalue weighted by Gasteiger charge is -2.20. The minimum absolute atomic E-state index is 0.0816. The van der Waals surface area contributed by atoms with Crippen molar-refractivity contribution in [2.75, 3.05) is 5.32 Å². The Kier molecular flexibility index (Phi) is 4.37. The number of hydrogen-bond acceptors (Lipinski definition) is 5. The van der Waals surface area contributed by atoms with E-state index in [2.05, 4.69) is 5.32 Å². The lowest BCUT2D eigenvalue weighted by molar-refractivity contribution is -0.146. The zero-order valence-corrected chi connectivity index (χ0v) is 12.4. The van der Waals surface area contributed by atoms with Gasteiger partial charge in [0.1, 0.15) is 5.03 Å². The fraction of sp³-hybridized carbons (Fsp3) is 0.214. The van der Waals surface area contributed by atoms with Crippen LogP contribution in [0.2, 0.25) is 0 Å². The number of carbonyl (C=O) groups excluding carboxylic acids is 3. The van der Waals surface area contributed by atoms with Crippen molar-refractivity contribution < 1.29 is 19.1 Å². The molecule has 0 aromatic heterocycles. The van der Waals surface area contributed by atoms with Crippen molar-refractivity contribution in [2.24, 2.45) is 17.4 Å². The van der Waals surface area contributed by atoms with E-state index in [0.717, 1.165) is 5.56 Å². The first-order valence-corrected chi connectivity index (χ1v) is 6.72. The molecule has 0 saturated heterocycles. The molecule has 2 amide bonds. The highest BCUT2D eigenvalue weighted by Gasteiger charge is 2.44. The molecule has 0 bridgehead atoms. The van der Waals surface area contributed by atoms with Gasteiger partial charge in [0.05, 0.1) is 5.70 Å². The number of ether oxygens (including phenoxy) is 1. The van der Waals surface area contributed by atoms with Crippen molar-refractivity contribution in [3.63, 3.8) is 0 Å². The van der Waals surface area contributed by atoms with Crippen LogP contribution in [0, 0.1) is 12.8 Å². The van der Waals surface area contributed by atoms with Gasteiger partial charge in [-0.2, -0.15) is 0 Å². The molecule has 1 aliphatic heterocycles. The fourth-order valence-electron chi connectivity index (χ4n) is 2.05. The van der Waals surface area contributed by atoms with Crippen LogP contribution in [-0.2, 0) is 19.1 Å². The highest BCUT2D eigenvalue weighted by Crippen LogP contribution is 2.31. The molecule has 1 atom stereocenters. The van der Waals surface area contributed by atoms with Gasteiger partial charge in [0, 0.05) is 5.69 Å². The number of cyclic esters (lactones) is 1. The quantitative estimate of drug-likeness (QED) is 0.533. The van der Waals surface area contributed by atoms with Crippen LogP contribution < -0.4 is 16.8 Å². The number of amides is 2. The number of aryl methyl sites for hydroxylation is 1. The summed E-state index contributed by atoms with van der Waals surface area (Å²) in [4.78, 5) is 34.5. The fourth-order valence-corrected chi connectivity index (χ4v) is 2.25. The molecule has 0 aliphatic carbocycles. The molecule has 1 heterocycles. The number of halogens is 1. The molecule has 1 aromatic rings. The Morgan fingerprint density at radius 2 is 1.77 bits per heavy atom. The average Bonchev–Trinajstić information content (AvgIpc) is 2.69. The first-order valence-electron chi connectivity index (χ1n) is 6.34. The summed E-state index contributed by atoms with van der Waals surface area (Å²) in [6, 6.07) is 7.16. The number of hydrogen-bond donors (Lipinski definition) is 3. The molecule has 5 N–H and O–H groups in total. The monoisotopic (exact) mass is 323 g/mol. The first kappa shape index (κ1) is 15.8. The summed E-state index contributed by atoms with van der Waals surface area (Å²) in [7, 11) is 0. The molecule has 116 valence electrons. The SMILES string of the molecule is Cc1ccc(NC2=C(Cl)C(=O)O[C@@H]2C(C(N)=O)C(N)=O)cc1. The summed E-state index contributed by atoms with van der Waals surface area (Å²) in [6.45, 7) is 1.91. The zero-order valence-electron chi connectivity index (χ0n) is 11.6. The zero-order chi connectivity index (χ0) is 16.4. The third-order valence-corrected chi connectivity index (χ3v) is 3.54.